The molecule has 19 heavy (non-hydrogen) atoms. The number of halogens is 1. The Labute approximate surface area is 118 Å². The summed E-state index contributed by atoms with van der Waals surface area (Å²) >= 11 is 5.81. The third-order valence-corrected chi connectivity index (χ3v) is 2.97. The molecule has 0 aromatic carbocycles. The van der Waals surface area contributed by atoms with Gasteiger partial charge in [0.1, 0.15) is 11.6 Å². The second kappa shape index (κ2) is 6.59. The van der Waals surface area contributed by atoms with Crippen LogP contribution < -0.4 is 4.90 Å². The maximum Gasteiger partial charge on any atom is 0.193 e. The fourth-order valence-electron chi connectivity index (χ4n) is 1.76. The van der Waals surface area contributed by atoms with E-state index in [1.54, 1.807) is 12.3 Å². The van der Waals surface area contributed by atoms with Crippen LogP contribution >= 0.6 is 11.6 Å². The standard InChI is InChI=1S/C14H18ClN3O/c1-17(2)9-10-18(14-5-3-4-8-16-14)11-12-6-7-13(15)19-12/h3-8H,9-11H2,1-2H3. The molecule has 0 amide bonds. The largest absolute Gasteiger partial charge is 0.448 e. The smallest absolute Gasteiger partial charge is 0.193 e. The first-order chi connectivity index (χ1) is 9.15. The number of hydrogen-bond acceptors (Lipinski definition) is 4. The van der Waals surface area contributed by atoms with E-state index in [2.05, 4.69) is 28.9 Å². The van der Waals surface area contributed by atoms with Crippen molar-refractivity contribution in [3.8, 4) is 0 Å². The van der Waals surface area contributed by atoms with Crippen molar-refractivity contribution >= 4 is 17.4 Å². The van der Waals surface area contributed by atoms with Crippen LogP contribution in [0.5, 0.6) is 0 Å². The van der Waals surface area contributed by atoms with Gasteiger partial charge in [0.15, 0.2) is 5.22 Å². The lowest BCUT2D eigenvalue weighted by atomic mass is 10.3. The van der Waals surface area contributed by atoms with Crippen LogP contribution in [-0.2, 0) is 6.54 Å². The summed E-state index contributed by atoms with van der Waals surface area (Å²) in [6.07, 6.45) is 1.80. The van der Waals surface area contributed by atoms with Gasteiger partial charge in [0.05, 0.1) is 6.54 Å². The Morgan fingerprint density at radius 1 is 1.16 bits per heavy atom. The fourth-order valence-corrected chi connectivity index (χ4v) is 1.92. The molecule has 102 valence electrons. The highest BCUT2D eigenvalue weighted by molar-refractivity contribution is 6.28. The van der Waals surface area contributed by atoms with Crippen molar-refractivity contribution in [3.63, 3.8) is 0 Å². The summed E-state index contributed by atoms with van der Waals surface area (Å²) in [5.74, 6) is 1.78. The molecule has 0 bridgehead atoms. The molecule has 0 fully saturated rings. The maximum absolute atomic E-state index is 5.81. The Hall–Kier alpha value is -1.52. The van der Waals surface area contributed by atoms with Crippen LogP contribution in [0, 0.1) is 0 Å². The Morgan fingerprint density at radius 2 is 2.00 bits per heavy atom. The quantitative estimate of drug-likeness (QED) is 0.814. The summed E-state index contributed by atoms with van der Waals surface area (Å²) < 4.78 is 5.42. The van der Waals surface area contributed by atoms with Crippen LogP contribution in [0.2, 0.25) is 5.22 Å². The Balaban J connectivity index is 2.10. The van der Waals surface area contributed by atoms with Crippen molar-refractivity contribution in [1.82, 2.24) is 9.88 Å². The molecule has 2 aromatic rings. The van der Waals surface area contributed by atoms with Crippen molar-refractivity contribution in [2.45, 2.75) is 6.54 Å². The molecule has 4 nitrogen and oxygen atoms in total. The summed E-state index contributed by atoms with van der Waals surface area (Å²) in [7, 11) is 4.11. The lowest BCUT2D eigenvalue weighted by Crippen LogP contribution is -2.31. The van der Waals surface area contributed by atoms with E-state index in [1.165, 1.54) is 0 Å². The van der Waals surface area contributed by atoms with E-state index in [0.717, 1.165) is 24.7 Å². The Bertz CT molecular complexity index is 498. The number of aromatic nitrogens is 1. The van der Waals surface area contributed by atoms with Gasteiger partial charge in [-0.15, -0.1) is 0 Å². The second-order valence-electron chi connectivity index (χ2n) is 4.62. The number of likely N-dealkylation sites (N-methyl/N-ethyl adjacent to an activating group) is 1. The van der Waals surface area contributed by atoms with E-state index < -0.39 is 0 Å². The van der Waals surface area contributed by atoms with Crippen LogP contribution in [0.15, 0.2) is 40.9 Å². The zero-order valence-corrected chi connectivity index (χ0v) is 12.0. The van der Waals surface area contributed by atoms with Crippen molar-refractivity contribution < 1.29 is 4.42 Å². The zero-order chi connectivity index (χ0) is 13.7. The third kappa shape index (κ3) is 4.26. The van der Waals surface area contributed by atoms with Crippen LogP contribution in [0.3, 0.4) is 0 Å². The van der Waals surface area contributed by atoms with Gasteiger partial charge >= 0.3 is 0 Å². The Morgan fingerprint density at radius 3 is 2.58 bits per heavy atom. The van der Waals surface area contributed by atoms with E-state index in [-0.39, 0.29) is 0 Å². The van der Waals surface area contributed by atoms with Gasteiger partial charge in [-0.05, 0) is 50.0 Å². The van der Waals surface area contributed by atoms with Gasteiger partial charge in [-0.25, -0.2) is 4.98 Å². The number of pyridine rings is 1. The van der Waals surface area contributed by atoms with Gasteiger partial charge in [-0.2, -0.15) is 0 Å². The predicted octanol–water partition coefficient (Wildman–Crippen LogP) is 2.90. The molecule has 0 atom stereocenters. The van der Waals surface area contributed by atoms with Crippen LogP contribution in [0.1, 0.15) is 5.76 Å². The van der Waals surface area contributed by atoms with E-state index in [0.29, 0.717) is 11.8 Å². The highest BCUT2D eigenvalue weighted by Crippen LogP contribution is 2.18. The average Bonchev–Trinajstić information content (AvgIpc) is 2.81. The normalized spacial score (nSPS) is 10.9. The van der Waals surface area contributed by atoms with Crippen LogP contribution in [-0.4, -0.2) is 37.1 Å². The molecule has 0 saturated carbocycles. The number of rotatable bonds is 6. The van der Waals surface area contributed by atoms with E-state index >= 15 is 0 Å². The Kier molecular flexibility index (Phi) is 4.82. The molecular weight excluding hydrogens is 262 g/mol. The fraction of sp³-hybridized carbons (Fsp3) is 0.357. The number of hydrogen-bond donors (Lipinski definition) is 0. The summed E-state index contributed by atoms with van der Waals surface area (Å²) in [5, 5.41) is 0.420. The van der Waals surface area contributed by atoms with Crippen molar-refractivity contribution in [3.05, 3.63) is 47.5 Å². The van der Waals surface area contributed by atoms with Gasteiger partial charge in [0, 0.05) is 19.3 Å². The van der Waals surface area contributed by atoms with Gasteiger partial charge in [-0.3, -0.25) is 0 Å². The molecule has 0 aliphatic carbocycles. The summed E-state index contributed by atoms with van der Waals surface area (Å²) in [5.41, 5.74) is 0. The first-order valence-electron chi connectivity index (χ1n) is 6.20. The molecule has 0 aliphatic rings. The predicted molar refractivity (Wildman–Crippen MR) is 77.6 cm³/mol. The minimum absolute atomic E-state index is 0.420. The van der Waals surface area contributed by atoms with Crippen molar-refractivity contribution in [1.29, 1.82) is 0 Å². The van der Waals surface area contributed by atoms with Crippen molar-refractivity contribution in [2.75, 3.05) is 32.1 Å². The van der Waals surface area contributed by atoms with E-state index in [9.17, 15) is 0 Å². The van der Waals surface area contributed by atoms with Gasteiger partial charge in [-0.1, -0.05) is 6.07 Å². The number of nitrogens with zero attached hydrogens (tertiary/aromatic N) is 3. The molecule has 0 aliphatic heterocycles. The monoisotopic (exact) mass is 279 g/mol. The number of furan rings is 1. The summed E-state index contributed by atoms with van der Waals surface area (Å²) in [6, 6.07) is 9.56. The van der Waals surface area contributed by atoms with Crippen LogP contribution in [0.4, 0.5) is 5.82 Å². The van der Waals surface area contributed by atoms with Crippen LogP contribution in [0.25, 0.3) is 0 Å². The average molecular weight is 280 g/mol. The zero-order valence-electron chi connectivity index (χ0n) is 11.2. The van der Waals surface area contributed by atoms with E-state index in [1.807, 2.05) is 24.3 Å². The molecule has 2 aromatic heterocycles. The highest BCUT2D eigenvalue weighted by Gasteiger charge is 2.11. The minimum atomic E-state index is 0.420. The van der Waals surface area contributed by atoms with Gasteiger partial charge in [0.2, 0.25) is 0 Å². The van der Waals surface area contributed by atoms with Crippen molar-refractivity contribution in [2.24, 2.45) is 0 Å². The van der Waals surface area contributed by atoms with Gasteiger partial charge in [0.25, 0.3) is 0 Å². The second-order valence-corrected chi connectivity index (χ2v) is 4.99. The highest BCUT2D eigenvalue weighted by atomic mass is 35.5. The summed E-state index contributed by atoms with van der Waals surface area (Å²) in [6.45, 7) is 2.49. The molecule has 0 radical (unpaired) electrons. The van der Waals surface area contributed by atoms with Gasteiger partial charge < -0.3 is 14.2 Å². The molecule has 0 saturated heterocycles. The first-order valence-corrected chi connectivity index (χ1v) is 6.58. The molecule has 0 unspecified atom stereocenters. The SMILES string of the molecule is CN(C)CCN(Cc1ccc(Cl)o1)c1ccccn1. The topological polar surface area (TPSA) is 32.5 Å². The molecule has 2 heterocycles. The number of anilines is 1. The summed E-state index contributed by atoms with van der Waals surface area (Å²) in [4.78, 5) is 8.71. The third-order valence-electron chi connectivity index (χ3n) is 2.77. The first kappa shape index (κ1) is 13.9. The van der Waals surface area contributed by atoms with E-state index in [4.69, 9.17) is 16.0 Å². The molecule has 2 rings (SSSR count). The lowest BCUT2D eigenvalue weighted by molar-refractivity contribution is 0.407. The minimum Gasteiger partial charge on any atom is -0.448 e. The molecule has 0 spiro atoms. The lowest BCUT2D eigenvalue weighted by Gasteiger charge is -2.24. The maximum atomic E-state index is 5.81. The molecular formula is C14H18ClN3O. The molecule has 0 N–H and O–H groups in total. The molecule has 5 heteroatoms.